The van der Waals surface area contributed by atoms with Gasteiger partial charge < -0.3 is 9.64 Å². The van der Waals surface area contributed by atoms with Crippen LogP contribution >= 0.6 is 11.6 Å². The minimum atomic E-state index is -4.84. The van der Waals surface area contributed by atoms with E-state index in [1.54, 1.807) is 44.4 Å². The summed E-state index contributed by atoms with van der Waals surface area (Å²) in [6.07, 6.45) is -1.57. The Labute approximate surface area is 198 Å². The topological polar surface area (TPSA) is 62.7 Å². The van der Waals surface area contributed by atoms with Crippen LogP contribution in [0.2, 0.25) is 5.02 Å². The Morgan fingerprint density at radius 3 is 2.26 bits per heavy atom. The predicted molar refractivity (Wildman–Crippen MR) is 120 cm³/mol. The van der Waals surface area contributed by atoms with Crippen molar-refractivity contribution in [2.45, 2.75) is 32.3 Å². The zero-order valence-electron chi connectivity index (χ0n) is 18.1. The largest absolute Gasteiger partial charge is 0.573 e. The molecule has 2 aromatic carbocycles. The Bertz CT molecular complexity index is 1230. The van der Waals surface area contributed by atoms with Crippen molar-refractivity contribution in [3.8, 4) is 16.9 Å². The number of pyridine rings is 1. The first-order chi connectivity index (χ1) is 16.0. The predicted octanol–water partition coefficient (Wildman–Crippen LogP) is 6.05. The van der Waals surface area contributed by atoms with E-state index >= 15 is 0 Å². The van der Waals surface area contributed by atoms with E-state index in [0.717, 1.165) is 33.7 Å². The molecule has 0 bridgehead atoms. The second kappa shape index (κ2) is 8.64. The van der Waals surface area contributed by atoms with Crippen molar-refractivity contribution in [1.82, 2.24) is 9.88 Å². The maximum Gasteiger partial charge on any atom is 0.573 e. The van der Waals surface area contributed by atoms with Gasteiger partial charge in [-0.05, 0) is 67.4 Å². The molecule has 6 nitrogen and oxygen atoms in total. The number of benzene rings is 2. The summed E-state index contributed by atoms with van der Waals surface area (Å²) in [7, 11) is 0. The molecule has 0 saturated carbocycles. The number of carbonyl (C=O) groups is 2. The van der Waals surface area contributed by atoms with Crippen LogP contribution < -0.4 is 9.64 Å². The molecular weight excluding hydrogens is 471 g/mol. The Kier molecular flexibility index (Phi) is 5.99. The van der Waals surface area contributed by atoms with E-state index in [0.29, 0.717) is 5.02 Å². The van der Waals surface area contributed by atoms with E-state index in [4.69, 9.17) is 11.6 Å². The number of alkyl halides is 3. The van der Waals surface area contributed by atoms with Crippen molar-refractivity contribution in [3.05, 3.63) is 77.6 Å². The van der Waals surface area contributed by atoms with Crippen LogP contribution in [-0.4, -0.2) is 33.7 Å². The minimum absolute atomic E-state index is 0.115. The molecule has 0 radical (unpaired) electrons. The average molecular weight is 490 g/mol. The van der Waals surface area contributed by atoms with Crippen LogP contribution in [0.1, 0.15) is 19.4 Å². The molecule has 0 atom stereocenters. The second-order valence-corrected chi connectivity index (χ2v) is 8.59. The first kappa shape index (κ1) is 23.6. The van der Waals surface area contributed by atoms with E-state index in [1.165, 1.54) is 17.0 Å². The van der Waals surface area contributed by atoms with Gasteiger partial charge in [-0.3, -0.25) is 9.78 Å². The summed E-state index contributed by atoms with van der Waals surface area (Å²) in [5.41, 5.74) is 1.34. The number of hydrogen-bond donors (Lipinski definition) is 0. The van der Waals surface area contributed by atoms with Gasteiger partial charge in [0.15, 0.2) is 0 Å². The summed E-state index contributed by atoms with van der Waals surface area (Å²) < 4.78 is 41.2. The zero-order valence-corrected chi connectivity index (χ0v) is 18.9. The van der Waals surface area contributed by atoms with E-state index < -0.39 is 29.6 Å². The lowest BCUT2D eigenvalue weighted by Crippen LogP contribution is -2.43. The van der Waals surface area contributed by atoms with Crippen LogP contribution in [0.4, 0.5) is 23.7 Å². The van der Waals surface area contributed by atoms with Crippen molar-refractivity contribution in [2.75, 3.05) is 4.90 Å². The molecular formula is C24H19ClF3N3O3. The monoisotopic (exact) mass is 489 g/mol. The molecule has 0 aliphatic carbocycles. The minimum Gasteiger partial charge on any atom is -0.406 e. The molecule has 0 N–H and O–H groups in total. The summed E-state index contributed by atoms with van der Waals surface area (Å²) in [5, 5.41) is 0.581. The molecule has 2 heterocycles. The number of carbonyl (C=O) groups excluding carboxylic acids is 2. The van der Waals surface area contributed by atoms with Crippen LogP contribution in [0.5, 0.6) is 5.75 Å². The molecule has 4 rings (SSSR count). The fourth-order valence-electron chi connectivity index (χ4n) is 3.75. The Morgan fingerprint density at radius 2 is 1.65 bits per heavy atom. The van der Waals surface area contributed by atoms with Gasteiger partial charge in [0.25, 0.3) is 5.91 Å². The lowest BCUT2D eigenvalue weighted by Gasteiger charge is -2.28. The fourth-order valence-corrected chi connectivity index (χ4v) is 3.87. The number of ether oxygens (including phenoxy) is 1. The summed E-state index contributed by atoms with van der Waals surface area (Å²) in [4.78, 5) is 33.1. The van der Waals surface area contributed by atoms with Gasteiger partial charge in [0.2, 0.25) is 0 Å². The third-order valence-corrected chi connectivity index (χ3v) is 5.80. The second-order valence-electron chi connectivity index (χ2n) is 8.15. The highest BCUT2D eigenvalue weighted by atomic mass is 35.5. The zero-order chi connectivity index (χ0) is 24.7. The lowest BCUT2D eigenvalue weighted by molar-refractivity contribution is -0.274. The third-order valence-electron chi connectivity index (χ3n) is 5.55. The normalized spacial score (nSPS) is 15.7. The molecule has 1 saturated heterocycles. The maximum absolute atomic E-state index is 13.3. The number of aromatic nitrogens is 1. The Hall–Kier alpha value is -3.59. The summed E-state index contributed by atoms with van der Waals surface area (Å²) in [5.74, 6) is -0.944. The highest BCUT2D eigenvalue weighted by Gasteiger charge is 2.51. The quantitative estimate of drug-likeness (QED) is 0.409. The Morgan fingerprint density at radius 1 is 1.00 bits per heavy atom. The molecule has 3 amide bonds. The molecule has 1 aliphatic heterocycles. The van der Waals surface area contributed by atoms with Gasteiger partial charge in [0.1, 0.15) is 11.3 Å². The van der Waals surface area contributed by atoms with Crippen LogP contribution in [0.15, 0.2) is 67.0 Å². The van der Waals surface area contributed by atoms with Gasteiger partial charge in [0.05, 0.1) is 5.69 Å². The van der Waals surface area contributed by atoms with E-state index in [2.05, 4.69) is 9.72 Å². The van der Waals surface area contributed by atoms with Crippen LogP contribution in [0.3, 0.4) is 0 Å². The average Bonchev–Trinajstić information content (AvgIpc) is 2.94. The van der Waals surface area contributed by atoms with Crippen molar-refractivity contribution < 1.29 is 27.5 Å². The van der Waals surface area contributed by atoms with Crippen molar-refractivity contribution >= 4 is 29.2 Å². The van der Waals surface area contributed by atoms with Gasteiger partial charge in [-0.1, -0.05) is 23.7 Å². The molecule has 0 spiro atoms. The van der Waals surface area contributed by atoms with E-state index in [9.17, 15) is 22.8 Å². The molecule has 34 heavy (non-hydrogen) atoms. The number of urea groups is 1. The standard InChI is InChI=1S/C24H19ClF3N3O3/c1-23(2)21(32)31(18-7-9-19(10-8-18)34-24(26,27)28)22(33)30(23)14-16-11-12-29-13-20(16)15-3-5-17(25)6-4-15/h3-13H,14H2,1-2H3. The van der Waals surface area contributed by atoms with Crippen LogP contribution in [-0.2, 0) is 11.3 Å². The smallest absolute Gasteiger partial charge is 0.406 e. The van der Waals surface area contributed by atoms with E-state index in [1.807, 2.05) is 12.1 Å². The third kappa shape index (κ3) is 4.56. The molecule has 1 aliphatic rings. The number of halogens is 4. The number of anilines is 1. The number of imide groups is 1. The van der Waals surface area contributed by atoms with Crippen molar-refractivity contribution in [2.24, 2.45) is 0 Å². The lowest BCUT2D eigenvalue weighted by atomic mass is 9.99. The highest BCUT2D eigenvalue weighted by Crippen LogP contribution is 2.36. The number of amides is 3. The number of rotatable bonds is 5. The van der Waals surface area contributed by atoms with Crippen LogP contribution in [0.25, 0.3) is 11.1 Å². The van der Waals surface area contributed by atoms with Gasteiger partial charge in [-0.15, -0.1) is 13.2 Å². The van der Waals surface area contributed by atoms with Crippen molar-refractivity contribution in [1.29, 1.82) is 0 Å². The molecule has 176 valence electrons. The molecule has 3 aromatic rings. The molecule has 1 fully saturated rings. The van der Waals surface area contributed by atoms with Gasteiger partial charge in [-0.25, -0.2) is 9.69 Å². The first-order valence-electron chi connectivity index (χ1n) is 10.2. The molecule has 1 aromatic heterocycles. The maximum atomic E-state index is 13.3. The van der Waals surface area contributed by atoms with E-state index in [-0.39, 0.29) is 12.2 Å². The Balaban J connectivity index is 1.63. The summed E-state index contributed by atoms with van der Waals surface area (Å²) in [6, 6.07) is 12.9. The van der Waals surface area contributed by atoms with Gasteiger partial charge in [0, 0.05) is 29.5 Å². The highest BCUT2D eigenvalue weighted by molar-refractivity contribution is 6.30. The van der Waals surface area contributed by atoms with Crippen LogP contribution in [0, 0.1) is 0 Å². The summed E-state index contributed by atoms with van der Waals surface area (Å²) >= 11 is 5.99. The van der Waals surface area contributed by atoms with Crippen molar-refractivity contribution in [3.63, 3.8) is 0 Å². The number of nitrogens with zero attached hydrogens (tertiary/aromatic N) is 3. The SMILES string of the molecule is CC1(C)C(=O)N(c2ccc(OC(F)(F)F)cc2)C(=O)N1Cc1ccncc1-c1ccc(Cl)cc1. The number of hydrogen-bond acceptors (Lipinski definition) is 4. The molecule has 0 unspecified atom stereocenters. The molecule has 10 heteroatoms. The first-order valence-corrected chi connectivity index (χ1v) is 10.6. The fraction of sp³-hybridized carbons (Fsp3) is 0.208. The van der Waals surface area contributed by atoms with Gasteiger partial charge >= 0.3 is 12.4 Å². The van der Waals surface area contributed by atoms with Gasteiger partial charge in [-0.2, -0.15) is 0 Å². The summed E-state index contributed by atoms with van der Waals surface area (Å²) in [6.45, 7) is 3.36.